The number of hydrogen-bond donors (Lipinski definition) is 1. The number of carbonyl (C=O) groups is 1. The number of amides is 1. The topological polar surface area (TPSA) is 79.0 Å². The van der Waals surface area contributed by atoms with Crippen LogP contribution >= 0.6 is 0 Å². The van der Waals surface area contributed by atoms with Crippen molar-refractivity contribution in [3.05, 3.63) is 23.8 Å². The minimum atomic E-state index is -3.51. The molecule has 1 unspecified atom stereocenters. The molecule has 1 N–H and O–H groups in total. The number of carbonyl (C=O) groups excluding carboxylic acids is 1. The second kappa shape index (κ2) is 12.0. The number of hydrogen-bond acceptors (Lipinski definition) is 5. The smallest absolute Gasteiger partial charge is 0.243 e. The predicted molar refractivity (Wildman–Crippen MR) is 126 cm³/mol. The Morgan fingerprint density at radius 1 is 1.16 bits per heavy atom. The first-order valence-electron chi connectivity index (χ1n) is 12.1. The van der Waals surface area contributed by atoms with E-state index in [0.29, 0.717) is 38.2 Å². The maximum atomic E-state index is 13.0. The molecule has 2 fully saturated rings. The molecule has 7 nitrogen and oxygen atoms in total. The summed E-state index contributed by atoms with van der Waals surface area (Å²) >= 11 is 0. The second-order valence-corrected chi connectivity index (χ2v) is 11.1. The van der Waals surface area contributed by atoms with Crippen molar-refractivity contribution >= 4 is 15.9 Å². The van der Waals surface area contributed by atoms with Gasteiger partial charge in [0.1, 0.15) is 5.75 Å². The van der Waals surface area contributed by atoms with Crippen LogP contribution in [0, 0.1) is 5.92 Å². The maximum Gasteiger partial charge on any atom is 0.243 e. The molecule has 2 saturated heterocycles. The van der Waals surface area contributed by atoms with Crippen molar-refractivity contribution in [2.45, 2.75) is 63.2 Å². The average Bonchev–Trinajstić information content (AvgIpc) is 2.81. The molecule has 0 bridgehead atoms. The van der Waals surface area contributed by atoms with Crippen LogP contribution in [0.5, 0.6) is 5.75 Å². The fraction of sp³-hybridized carbons (Fsp3) is 0.708. The first-order chi connectivity index (χ1) is 15.4. The summed E-state index contributed by atoms with van der Waals surface area (Å²) in [6, 6.07) is 4.98. The van der Waals surface area contributed by atoms with Gasteiger partial charge in [-0.2, -0.15) is 4.31 Å². The number of nitrogens with one attached hydrogen (secondary N) is 1. The van der Waals surface area contributed by atoms with Gasteiger partial charge in [-0.3, -0.25) is 4.79 Å². The minimum absolute atomic E-state index is 0.0108. The number of aryl methyl sites for hydroxylation is 1. The van der Waals surface area contributed by atoms with Gasteiger partial charge in [0.05, 0.1) is 12.0 Å². The van der Waals surface area contributed by atoms with Crippen LogP contribution in [-0.4, -0.2) is 69.9 Å². The highest BCUT2D eigenvalue weighted by atomic mass is 32.2. The average molecular weight is 466 g/mol. The third-order valence-corrected chi connectivity index (χ3v) is 8.44. The van der Waals surface area contributed by atoms with E-state index in [2.05, 4.69) is 17.1 Å². The number of sulfonamides is 1. The number of benzene rings is 1. The van der Waals surface area contributed by atoms with E-state index in [-0.39, 0.29) is 10.8 Å². The summed E-state index contributed by atoms with van der Waals surface area (Å²) < 4.78 is 33.0. The molecule has 0 saturated carbocycles. The number of nitrogens with zero attached hydrogens (tertiary/aromatic N) is 2. The van der Waals surface area contributed by atoms with Gasteiger partial charge in [0, 0.05) is 32.6 Å². The third kappa shape index (κ3) is 6.93. The van der Waals surface area contributed by atoms with E-state index < -0.39 is 10.0 Å². The van der Waals surface area contributed by atoms with Gasteiger partial charge in [0.15, 0.2) is 0 Å². The van der Waals surface area contributed by atoms with Gasteiger partial charge in [0.25, 0.3) is 0 Å². The van der Waals surface area contributed by atoms with Crippen LogP contribution in [0.2, 0.25) is 0 Å². The largest absolute Gasteiger partial charge is 0.496 e. The summed E-state index contributed by atoms with van der Waals surface area (Å²) in [5.74, 6) is 1.38. The lowest BCUT2D eigenvalue weighted by molar-refractivity contribution is -0.121. The molecular formula is C24H39N3O4S. The summed E-state index contributed by atoms with van der Waals surface area (Å²) in [4.78, 5) is 15.1. The van der Waals surface area contributed by atoms with Gasteiger partial charge in [0.2, 0.25) is 15.9 Å². The molecule has 0 aliphatic carbocycles. The molecule has 3 rings (SSSR count). The molecule has 0 aromatic heterocycles. The highest BCUT2D eigenvalue weighted by Crippen LogP contribution is 2.27. The minimum Gasteiger partial charge on any atom is -0.496 e. The lowest BCUT2D eigenvalue weighted by Crippen LogP contribution is -2.36. The molecule has 0 radical (unpaired) electrons. The fourth-order valence-corrected chi connectivity index (χ4v) is 6.29. The first kappa shape index (κ1) is 25.0. The van der Waals surface area contributed by atoms with E-state index in [1.165, 1.54) is 12.8 Å². The number of methoxy groups -OCH3 is 1. The van der Waals surface area contributed by atoms with Crippen molar-refractivity contribution in [3.63, 3.8) is 0 Å². The molecule has 180 valence electrons. The molecule has 1 atom stereocenters. The molecule has 1 amide bonds. The lowest BCUT2D eigenvalue weighted by Gasteiger charge is -2.30. The lowest BCUT2D eigenvalue weighted by atomic mass is 10.0. The van der Waals surface area contributed by atoms with Crippen molar-refractivity contribution in [3.8, 4) is 5.75 Å². The van der Waals surface area contributed by atoms with Gasteiger partial charge in [-0.15, -0.1) is 0 Å². The Kier molecular flexibility index (Phi) is 9.37. The highest BCUT2D eigenvalue weighted by Gasteiger charge is 2.26. The summed E-state index contributed by atoms with van der Waals surface area (Å²) in [5.41, 5.74) is 0.753. The normalized spacial score (nSPS) is 20.8. The molecular weight excluding hydrogens is 426 g/mol. The van der Waals surface area contributed by atoms with Crippen LogP contribution in [0.15, 0.2) is 23.1 Å². The second-order valence-electron chi connectivity index (χ2n) is 9.19. The predicted octanol–water partition coefficient (Wildman–Crippen LogP) is 3.04. The van der Waals surface area contributed by atoms with Crippen molar-refractivity contribution in [2.24, 2.45) is 5.92 Å². The number of piperidine rings is 2. The molecule has 1 aromatic rings. The van der Waals surface area contributed by atoms with Gasteiger partial charge in [-0.25, -0.2) is 8.42 Å². The fourth-order valence-electron chi connectivity index (χ4n) is 4.72. The van der Waals surface area contributed by atoms with Crippen molar-refractivity contribution in [1.29, 1.82) is 0 Å². The molecule has 2 aliphatic rings. The van der Waals surface area contributed by atoms with Gasteiger partial charge >= 0.3 is 0 Å². The zero-order valence-corrected chi connectivity index (χ0v) is 20.5. The van der Waals surface area contributed by atoms with Crippen LogP contribution in [0.25, 0.3) is 0 Å². The highest BCUT2D eigenvalue weighted by molar-refractivity contribution is 7.89. The van der Waals surface area contributed by atoms with Crippen molar-refractivity contribution < 1.29 is 17.9 Å². The van der Waals surface area contributed by atoms with Crippen LogP contribution in [0.1, 0.15) is 57.4 Å². The van der Waals surface area contributed by atoms with E-state index in [0.717, 1.165) is 56.8 Å². The van der Waals surface area contributed by atoms with Crippen LogP contribution in [-0.2, 0) is 21.2 Å². The van der Waals surface area contributed by atoms with Crippen LogP contribution < -0.4 is 10.1 Å². The SMILES string of the molecule is COc1ccc(S(=O)(=O)N2CCCCC2)cc1CCC(=O)NCCCN1CCCC(C)C1. The van der Waals surface area contributed by atoms with E-state index >= 15 is 0 Å². The first-order valence-corrected chi connectivity index (χ1v) is 13.5. The van der Waals surface area contributed by atoms with Crippen molar-refractivity contribution in [2.75, 3.05) is 46.4 Å². The molecule has 8 heteroatoms. The Morgan fingerprint density at radius 2 is 1.94 bits per heavy atom. The number of likely N-dealkylation sites (tertiary alicyclic amines) is 1. The number of ether oxygens (including phenoxy) is 1. The summed E-state index contributed by atoms with van der Waals surface area (Å²) in [5, 5.41) is 3.00. The van der Waals surface area contributed by atoms with Crippen LogP contribution in [0.4, 0.5) is 0 Å². The van der Waals surface area contributed by atoms with Gasteiger partial charge in [-0.1, -0.05) is 13.3 Å². The Labute approximate surface area is 193 Å². The van der Waals surface area contributed by atoms with E-state index in [1.807, 2.05) is 0 Å². The van der Waals surface area contributed by atoms with E-state index in [4.69, 9.17) is 4.74 Å². The number of rotatable bonds is 10. The Balaban J connectivity index is 1.50. The summed E-state index contributed by atoms with van der Waals surface area (Å²) in [6.45, 7) is 7.46. The molecule has 2 aliphatic heterocycles. The summed E-state index contributed by atoms with van der Waals surface area (Å²) in [6.07, 6.45) is 7.17. The molecule has 2 heterocycles. The monoisotopic (exact) mass is 465 g/mol. The maximum absolute atomic E-state index is 13.0. The molecule has 1 aromatic carbocycles. The third-order valence-electron chi connectivity index (χ3n) is 6.54. The van der Waals surface area contributed by atoms with E-state index in [1.54, 1.807) is 29.6 Å². The zero-order valence-electron chi connectivity index (χ0n) is 19.6. The summed E-state index contributed by atoms with van der Waals surface area (Å²) in [7, 11) is -1.94. The zero-order chi connectivity index (χ0) is 23.0. The molecule has 32 heavy (non-hydrogen) atoms. The van der Waals surface area contributed by atoms with E-state index in [9.17, 15) is 13.2 Å². The quantitative estimate of drug-likeness (QED) is 0.538. The van der Waals surface area contributed by atoms with Gasteiger partial charge < -0.3 is 15.0 Å². The Bertz CT molecular complexity index is 853. The molecule has 0 spiro atoms. The van der Waals surface area contributed by atoms with Crippen molar-refractivity contribution in [1.82, 2.24) is 14.5 Å². The van der Waals surface area contributed by atoms with Crippen LogP contribution in [0.3, 0.4) is 0 Å². The Morgan fingerprint density at radius 3 is 2.66 bits per heavy atom. The Hall–Kier alpha value is -1.64. The standard InChI is InChI=1S/C24H39N3O4S/c1-20-8-6-14-26(19-20)15-7-13-25-24(28)12-9-21-18-22(10-11-23(21)31-2)32(29,30)27-16-4-3-5-17-27/h10-11,18,20H,3-9,12-17,19H2,1-2H3,(H,25,28). The van der Waals surface area contributed by atoms with Gasteiger partial charge in [-0.05, 0) is 81.3 Å².